The molecule has 3 atom stereocenters. The molecule has 0 aromatic rings. The number of Topliss-reactive ketones (excluding diaryl/α,β-unsaturated/α-hetero) is 1. The summed E-state index contributed by atoms with van der Waals surface area (Å²) in [6, 6.07) is 0. The predicted octanol–water partition coefficient (Wildman–Crippen LogP) is 3.38. The fourth-order valence-corrected chi connectivity index (χ4v) is 3.40. The minimum absolute atomic E-state index is 0.0777. The number of rotatable bonds is 7. The highest BCUT2D eigenvalue weighted by Gasteiger charge is 2.48. The molecule has 3 unspecified atom stereocenters. The van der Waals surface area contributed by atoms with Crippen molar-refractivity contribution in [2.24, 2.45) is 17.8 Å². The van der Waals surface area contributed by atoms with Gasteiger partial charge in [-0.3, -0.25) is 9.59 Å². The molecule has 4 heteroatoms. The minimum Gasteiger partial charge on any atom is -0.465 e. The van der Waals surface area contributed by atoms with Crippen molar-refractivity contribution in [3.63, 3.8) is 0 Å². The van der Waals surface area contributed by atoms with E-state index in [1.807, 2.05) is 20.8 Å². The lowest BCUT2D eigenvalue weighted by atomic mass is 9.71. The molecule has 122 valence electrons. The Morgan fingerprint density at radius 2 is 1.90 bits per heavy atom. The molecule has 0 N–H and O–H groups in total. The molecule has 0 amide bonds. The van der Waals surface area contributed by atoms with E-state index in [4.69, 9.17) is 9.47 Å². The molecule has 0 aromatic heterocycles. The summed E-state index contributed by atoms with van der Waals surface area (Å²) >= 11 is 0. The Bertz CT molecular complexity index is 360. The molecule has 0 spiro atoms. The van der Waals surface area contributed by atoms with Gasteiger partial charge in [-0.2, -0.15) is 0 Å². The van der Waals surface area contributed by atoms with Gasteiger partial charge in [-0.1, -0.05) is 27.2 Å². The zero-order valence-corrected chi connectivity index (χ0v) is 14.1. The maximum atomic E-state index is 13.1. The summed E-state index contributed by atoms with van der Waals surface area (Å²) in [5.74, 6) is -0.837. The van der Waals surface area contributed by atoms with E-state index in [2.05, 4.69) is 6.92 Å². The Hall–Kier alpha value is -0.900. The van der Waals surface area contributed by atoms with E-state index in [1.54, 1.807) is 6.92 Å². The standard InChI is InChI=1S/C17H30O4/c1-6-20-16(19)14(12(3)4)15(18)17(21-7-2)10-8-9-13(5)11-17/h12-14H,6-11H2,1-5H3. The van der Waals surface area contributed by atoms with Crippen LogP contribution in [0, 0.1) is 17.8 Å². The van der Waals surface area contributed by atoms with E-state index in [0.29, 0.717) is 32.0 Å². The highest BCUT2D eigenvalue weighted by molar-refractivity contribution is 6.03. The van der Waals surface area contributed by atoms with E-state index in [0.717, 1.165) is 12.8 Å². The average molecular weight is 298 g/mol. The average Bonchev–Trinajstić information content (AvgIpc) is 2.39. The van der Waals surface area contributed by atoms with Gasteiger partial charge in [-0.05, 0) is 44.9 Å². The van der Waals surface area contributed by atoms with Crippen molar-refractivity contribution in [3.8, 4) is 0 Å². The molecule has 0 saturated heterocycles. The van der Waals surface area contributed by atoms with Crippen LogP contribution in [-0.2, 0) is 19.1 Å². The summed E-state index contributed by atoms with van der Waals surface area (Å²) in [6.07, 6.45) is 3.52. The number of ether oxygens (including phenoxy) is 2. The van der Waals surface area contributed by atoms with Gasteiger partial charge < -0.3 is 9.47 Å². The van der Waals surface area contributed by atoms with Crippen molar-refractivity contribution in [2.45, 2.75) is 65.9 Å². The number of ketones is 1. The molecule has 1 aliphatic rings. The maximum absolute atomic E-state index is 13.1. The van der Waals surface area contributed by atoms with E-state index < -0.39 is 17.5 Å². The van der Waals surface area contributed by atoms with Gasteiger partial charge in [0.15, 0.2) is 5.78 Å². The first-order valence-electron chi connectivity index (χ1n) is 8.22. The second kappa shape index (κ2) is 7.92. The molecule has 0 aliphatic heterocycles. The lowest BCUT2D eigenvalue weighted by molar-refractivity contribution is -0.167. The third-order valence-electron chi connectivity index (χ3n) is 4.32. The summed E-state index contributed by atoms with van der Waals surface area (Å²) in [5.41, 5.74) is -0.798. The van der Waals surface area contributed by atoms with E-state index in [1.165, 1.54) is 0 Å². The molecule has 0 radical (unpaired) electrons. The molecule has 1 fully saturated rings. The second-order valence-electron chi connectivity index (χ2n) is 6.47. The van der Waals surface area contributed by atoms with Crippen LogP contribution in [0.3, 0.4) is 0 Å². The van der Waals surface area contributed by atoms with Gasteiger partial charge in [0.2, 0.25) is 0 Å². The molecule has 1 aliphatic carbocycles. The van der Waals surface area contributed by atoms with Crippen LogP contribution >= 0.6 is 0 Å². The molecule has 1 saturated carbocycles. The van der Waals surface area contributed by atoms with Crippen molar-refractivity contribution in [2.75, 3.05) is 13.2 Å². The molecule has 0 aromatic carbocycles. The first-order chi connectivity index (χ1) is 9.88. The quantitative estimate of drug-likeness (QED) is 0.534. The molecule has 0 bridgehead atoms. The first-order valence-corrected chi connectivity index (χ1v) is 8.22. The van der Waals surface area contributed by atoms with Crippen molar-refractivity contribution in [1.82, 2.24) is 0 Å². The zero-order chi connectivity index (χ0) is 16.0. The Balaban J connectivity index is 3.04. The van der Waals surface area contributed by atoms with Crippen LogP contribution in [0.25, 0.3) is 0 Å². The number of carbonyl (C=O) groups excluding carboxylic acids is 2. The topological polar surface area (TPSA) is 52.6 Å². The van der Waals surface area contributed by atoms with Gasteiger partial charge >= 0.3 is 5.97 Å². The summed E-state index contributed by atoms with van der Waals surface area (Å²) in [7, 11) is 0. The molecule has 4 nitrogen and oxygen atoms in total. The van der Waals surface area contributed by atoms with Gasteiger partial charge in [0, 0.05) is 6.61 Å². The fraction of sp³-hybridized carbons (Fsp3) is 0.882. The van der Waals surface area contributed by atoms with Gasteiger partial charge in [-0.25, -0.2) is 0 Å². The lowest BCUT2D eigenvalue weighted by Gasteiger charge is -2.40. The van der Waals surface area contributed by atoms with Crippen LogP contribution in [0.5, 0.6) is 0 Å². The van der Waals surface area contributed by atoms with Crippen LogP contribution in [0.15, 0.2) is 0 Å². The molecular formula is C17H30O4. The minimum atomic E-state index is -0.798. The fourth-order valence-electron chi connectivity index (χ4n) is 3.40. The van der Waals surface area contributed by atoms with Crippen LogP contribution in [0.1, 0.15) is 60.3 Å². The van der Waals surface area contributed by atoms with Gasteiger partial charge in [0.25, 0.3) is 0 Å². The van der Waals surface area contributed by atoms with Crippen LogP contribution in [-0.4, -0.2) is 30.6 Å². The van der Waals surface area contributed by atoms with Crippen LogP contribution < -0.4 is 0 Å². The Kier molecular flexibility index (Phi) is 6.85. The second-order valence-corrected chi connectivity index (χ2v) is 6.47. The van der Waals surface area contributed by atoms with Gasteiger partial charge in [0.05, 0.1) is 6.61 Å². The van der Waals surface area contributed by atoms with E-state index in [9.17, 15) is 9.59 Å². The summed E-state index contributed by atoms with van der Waals surface area (Å²) in [4.78, 5) is 25.3. The van der Waals surface area contributed by atoms with Crippen LogP contribution in [0.4, 0.5) is 0 Å². The van der Waals surface area contributed by atoms with Crippen molar-refractivity contribution in [3.05, 3.63) is 0 Å². The summed E-state index contributed by atoms with van der Waals surface area (Å²) < 4.78 is 11.0. The molecular weight excluding hydrogens is 268 g/mol. The molecule has 21 heavy (non-hydrogen) atoms. The third kappa shape index (κ3) is 4.29. The zero-order valence-electron chi connectivity index (χ0n) is 14.1. The van der Waals surface area contributed by atoms with Crippen molar-refractivity contribution in [1.29, 1.82) is 0 Å². The number of hydrogen-bond acceptors (Lipinski definition) is 4. The number of carbonyl (C=O) groups is 2. The highest BCUT2D eigenvalue weighted by atomic mass is 16.5. The number of esters is 1. The highest BCUT2D eigenvalue weighted by Crippen LogP contribution is 2.39. The SMILES string of the molecule is CCOC(=O)C(C(=O)C1(OCC)CCCC(C)C1)C(C)C. The Labute approximate surface area is 128 Å². The third-order valence-corrected chi connectivity index (χ3v) is 4.32. The Morgan fingerprint density at radius 3 is 2.38 bits per heavy atom. The predicted molar refractivity (Wildman–Crippen MR) is 82.0 cm³/mol. The monoisotopic (exact) mass is 298 g/mol. The molecule has 1 rings (SSSR count). The van der Waals surface area contributed by atoms with Gasteiger partial charge in [-0.15, -0.1) is 0 Å². The smallest absolute Gasteiger partial charge is 0.316 e. The summed E-state index contributed by atoms with van der Waals surface area (Å²) in [6.45, 7) is 10.4. The van der Waals surface area contributed by atoms with Gasteiger partial charge in [0.1, 0.15) is 11.5 Å². The van der Waals surface area contributed by atoms with E-state index in [-0.39, 0.29) is 11.7 Å². The normalized spacial score (nSPS) is 27.4. The van der Waals surface area contributed by atoms with Crippen LogP contribution in [0.2, 0.25) is 0 Å². The Morgan fingerprint density at radius 1 is 1.24 bits per heavy atom. The first kappa shape index (κ1) is 18.1. The van der Waals surface area contributed by atoms with Crippen molar-refractivity contribution < 1.29 is 19.1 Å². The molecule has 0 heterocycles. The van der Waals surface area contributed by atoms with E-state index >= 15 is 0 Å². The largest absolute Gasteiger partial charge is 0.465 e. The maximum Gasteiger partial charge on any atom is 0.316 e. The lowest BCUT2D eigenvalue weighted by Crippen LogP contribution is -2.51. The van der Waals surface area contributed by atoms with Crippen molar-refractivity contribution >= 4 is 11.8 Å². The summed E-state index contributed by atoms with van der Waals surface area (Å²) in [5, 5.41) is 0. The number of hydrogen-bond donors (Lipinski definition) is 0.